The fraction of sp³-hybridized carbons (Fsp3) is 0.0625. The molecule has 0 radical (unpaired) electrons. The number of nitrogen functional groups attached to an aromatic ring is 1. The summed E-state index contributed by atoms with van der Waals surface area (Å²) in [4.78, 5) is 12.3. The van der Waals surface area contributed by atoms with E-state index in [1.54, 1.807) is 18.2 Å². The number of nitrogens with one attached hydrogen (secondary N) is 1. The molecule has 0 aromatic heterocycles. The van der Waals surface area contributed by atoms with Crippen molar-refractivity contribution in [3.8, 4) is 0 Å². The zero-order valence-electron chi connectivity index (χ0n) is 10.9. The Morgan fingerprint density at radius 2 is 2.00 bits per heavy atom. The Morgan fingerprint density at radius 3 is 2.86 bits per heavy atom. The van der Waals surface area contributed by atoms with Crippen LogP contribution >= 0.6 is 11.6 Å². The number of fused-ring (bicyclic) bond motifs is 2. The average Bonchev–Trinajstić information content (AvgIpc) is 2.98. The highest BCUT2D eigenvalue weighted by molar-refractivity contribution is 6.38. The molecule has 4 rings (SSSR count). The molecule has 2 heterocycles. The number of carbonyl (C=O) groups excluding carboxylic acids is 1. The number of carbonyl (C=O) groups is 1. The highest BCUT2D eigenvalue weighted by Gasteiger charge is 2.32. The molecular weight excluding hydrogens is 288 g/mol. The number of rotatable bonds is 0. The molecular formula is C16H11ClN2O2. The monoisotopic (exact) mass is 298 g/mol. The molecule has 2 aromatic carbocycles. The molecule has 0 saturated heterocycles. The summed E-state index contributed by atoms with van der Waals surface area (Å²) >= 11 is 6.05. The Hall–Kier alpha value is -2.46. The van der Waals surface area contributed by atoms with Crippen molar-refractivity contribution in [1.29, 1.82) is 0 Å². The summed E-state index contributed by atoms with van der Waals surface area (Å²) in [5.41, 5.74) is 10.4. The minimum atomic E-state index is -0.183. The van der Waals surface area contributed by atoms with Crippen LogP contribution in [0, 0.1) is 0 Å². The van der Waals surface area contributed by atoms with Gasteiger partial charge >= 0.3 is 0 Å². The zero-order valence-corrected chi connectivity index (χ0v) is 11.7. The minimum absolute atomic E-state index is 0.183. The van der Waals surface area contributed by atoms with Crippen molar-refractivity contribution >= 4 is 40.2 Å². The number of nitrogens with two attached hydrogens (primary N) is 1. The number of halogens is 1. The molecule has 0 bridgehead atoms. The van der Waals surface area contributed by atoms with Crippen molar-refractivity contribution in [2.75, 3.05) is 11.1 Å². The first-order valence-electron chi connectivity index (χ1n) is 6.50. The third-order valence-corrected chi connectivity index (χ3v) is 3.94. The van der Waals surface area contributed by atoms with Gasteiger partial charge in [-0.25, -0.2) is 0 Å². The molecule has 0 saturated carbocycles. The number of amides is 1. The first-order valence-corrected chi connectivity index (χ1v) is 6.88. The predicted octanol–water partition coefficient (Wildman–Crippen LogP) is 3.27. The molecule has 0 aliphatic carbocycles. The van der Waals surface area contributed by atoms with Gasteiger partial charge in [0.2, 0.25) is 0 Å². The van der Waals surface area contributed by atoms with Crippen LogP contribution in [0.4, 0.5) is 11.4 Å². The second kappa shape index (κ2) is 4.27. The van der Waals surface area contributed by atoms with Crippen LogP contribution in [0.3, 0.4) is 0 Å². The van der Waals surface area contributed by atoms with Gasteiger partial charge in [0.15, 0.2) is 0 Å². The minimum Gasteiger partial charge on any atom is -0.487 e. The molecule has 21 heavy (non-hydrogen) atoms. The second-order valence-electron chi connectivity index (χ2n) is 5.05. The van der Waals surface area contributed by atoms with Gasteiger partial charge in [-0.15, -0.1) is 0 Å². The fourth-order valence-corrected chi connectivity index (χ4v) is 2.90. The first kappa shape index (κ1) is 12.3. The summed E-state index contributed by atoms with van der Waals surface area (Å²) in [5, 5.41) is 3.41. The molecule has 3 N–H and O–H groups in total. The van der Waals surface area contributed by atoms with E-state index < -0.39 is 0 Å². The van der Waals surface area contributed by atoms with E-state index in [2.05, 4.69) is 5.32 Å². The van der Waals surface area contributed by atoms with Crippen LogP contribution in [-0.2, 0) is 16.1 Å². The molecule has 0 spiro atoms. The van der Waals surface area contributed by atoms with Crippen LogP contribution in [0.5, 0.6) is 0 Å². The quantitative estimate of drug-likeness (QED) is 0.579. The lowest BCUT2D eigenvalue weighted by Crippen LogP contribution is -2.05. The SMILES string of the molecule is Nc1ccc2c(c1)/C(=C1\C(=O)Nc3ccc(Cl)cc31)OC2. The molecule has 0 fully saturated rings. The summed E-state index contributed by atoms with van der Waals surface area (Å²) in [5.74, 6) is 0.383. The van der Waals surface area contributed by atoms with Crippen molar-refractivity contribution in [1.82, 2.24) is 0 Å². The largest absolute Gasteiger partial charge is 0.487 e. The van der Waals surface area contributed by atoms with Crippen LogP contribution in [0.2, 0.25) is 5.02 Å². The van der Waals surface area contributed by atoms with Gasteiger partial charge in [-0.3, -0.25) is 4.79 Å². The van der Waals surface area contributed by atoms with E-state index in [1.807, 2.05) is 18.2 Å². The lowest BCUT2D eigenvalue weighted by Gasteiger charge is -2.05. The summed E-state index contributed by atoms with van der Waals surface area (Å²) in [6.07, 6.45) is 0. The molecule has 2 aliphatic rings. The standard InChI is InChI=1S/C16H11ClN2O2/c17-9-2-4-13-12(5-9)14(16(20)19-13)15-11-6-10(18)3-1-8(11)7-21-15/h1-6H,7,18H2,(H,19,20)/b15-14+. The fourth-order valence-electron chi connectivity index (χ4n) is 2.73. The lowest BCUT2D eigenvalue weighted by atomic mass is 10.0. The van der Waals surface area contributed by atoms with Gasteiger partial charge in [-0.2, -0.15) is 0 Å². The predicted molar refractivity (Wildman–Crippen MR) is 82.5 cm³/mol. The van der Waals surface area contributed by atoms with Gasteiger partial charge in [0.05, 0.1) is 5.57 Å². The van der Waals surface area contributed by atoms with E-state index in [4.69, 9.17) is 22.1 Å². The topological polar surface area (TPSA) is 64.4 Å². The van der Waals surface area contributed by atoms with Crippen LogP contribution < -0.4 is 11.1 Å². The van der Waals surface area contributed by atoms with Crippen molar-refractivity contribution in [3.05, 3.63) is 58.1 Å². The summed E-state index contributed by atoms with van der Waals surface area (Å²) in [6, 6.07) is 10.9. The van der Waals surface area contributed by atoms with Crippen molar-refractivity contribution in [3.63, 3.8) is 0 Å². The maximum atomic E-state index is 12.3. The van der Waals surface area contributed by atoms with E-state index in [0.29, 0.717) is 28.6 Å². The summed E-state index contributed by atoms with van der Waals surface area (Å²) in [6.45, 7) is 0.442. The molecule has 2 aliphatic heterocycles. The Balaban J connectivity index is 1.98. The van der Waals surface area contributed by atoms with E-state index in [-0.39, 0.29) is 5.91 Å². The number of hydrogen-bond acceptors (Lipinski definition) is 3. The average molecular weight is 299 g/mol. The Kier molecular flexibility index (Phi) is 2.50. The third kappa shape index (κ3) is 1.80. The smallest absolute Gasteiger partial charge is 0.260 e. The number of anilines is 2. The molecule has 5 heteroatoms. The van der Waals surface area contributed by atoms with Crippen LogP contribution in [0.1, 0.15) is 16.7 Å². The molecule has 104 valence electrons. The third-order valence-electron chi connectivity index (χ3n) is 3.70. The van der Waals surface area contributed by atoms with Crippen molar-refractivity contribution < 1.29 is 9.53 Å². The Labute approximate surface area is 126 Å². The van der Waals surface area contributed by atoms with Gasteiger partial charge in [-0.05, 0) is 30.3 Å². The van der Waals surface area contributed by atoms with Gasteiger partial charge < -0.3 is 15.8 Å². The molecule has 1 amide bonds. The van der Waals surface area contributed by atoms with Crippen molar-refractivity contribution in [2.45, 2.75) is 6.61 Å². The number of hydrogen-bond donors (Lipinski definition) is 2. The first-order chi connectivity index (χ1) is 10.1. The van der Waals surface area contributed by atoms with Crippen LogP contribution in [0.15, 0.2) is 36.4 Å². The second-order valence-corrected chi connectivity index (χ2v) is 5.49. The van der Waals surface area contributed by atoms with E-state index in [0.717, 1.165) is 22.4 Å². The van der Waals surface area contributed by atoms with E-state index in [1.165, 1.54) is 0 Å². The van der Waals surface area contributed by atoms with Gasteiger partial charge in [-0.1, -0.05) is 17.7 Å². The normalized spacial score (nSPS) is 19.0. The van der Waals surface area contributed by atoms with Gasteiger partial charge in [0.1, 0.15) is 12.4 Å². The Bertz CT molecular complexity index is 827. The van der Waals surface area contributed by atoms with Gasteiger partial charge in [0, 0.05) is 33.1 Å². The number of benzene rings is 2. The molecule has 0 atom stereocenters. The zero-order chi connectivity index (χ0) is 14.6. The molecule has 4 nitrogen and oxygen atoms in total. The summed E-state index contributed by atoms with van der Waals surface area (Å²) in [7, 11) is 0. The highest BCUT2D eigenvalue weighted by atomic mass is 35.5. The van der Waals surface area contributed by atoms with Crippen LogP contribution in [0.25, 0.3) is 11.3 Å². The van der Waals surface area contributed by atoms with Crippen LogP contribution in [-0.4, -0.2) is 5.91 Å². The van der Waals surface area contributed by atoms with E-state index in [9.17, 15) is 4.79 Å². The number of ether oxygens (including phenoxy) is 1. The molecule has 0 unspecified atom stereocenters. The summed E-state index contributed by atoms with van der Waals surface area (Å²) < 4.78 is 5.75. The maximum absolute atomic E-state index is 12.3. The Morgan fingerprint density at radius 1 is 1.14 bits per heavy atom. The maximum Gasteiger partial charge on any atom is 0.260 e. The van der Waals surface area contributed by atoms with Gasteiger partial charge in [0.25, 0.3) is 5.91 Å². The molecule has 2 aromatic rings. The van der Waals surface area contributed by atoms with Crippen molar-refractivity contribution in [2.24, 2.45) is 0 Å². The lowest BCUT2D eigenvalue weighted by molar-refractivity contribution is -0.110. The van der Waals surface area contributed by atoms with E-state index >= 15 is 0 Å². The highest BCUT2D eigenvalue weighted by Crippen LogP contribution is 2.42.